The molecular weight excluding hydrogens is 404 g/mol. The van der Waals surface area contributed by atoms with Gasteiger partial charge in [0.2, 0.25) is 0 Å². The van der Waals surface area contributed by atoms with Crippen LogP contribution >= 0.6 is 0 Å². The number of carbonyl (C=O) groups is 1. The number of benzene rings is 1. The van der Waals surface area contributed by atoms with Gasteiger partial charge in [0.05, 0.1) is 14.2 Å². The number of nitrogens with zero attached hydrogens (tertiary/aromatic N) is 3. The summed E-state index contributed by atoms with van der Waals surface area (Å²) in [6.45, 7) is 0.695. The SMILES string of the molecule is COc1ccc(CNc2cccc(CCCCC(=O)/C=C/c3cnc(OC)nc3)n2)cc1. The minimum Gasteiger partial charge on any atom is -0.497 e. The number of aryl methyl sites for hydroxylation is 1. The minimum absolute atomic E-state index is 0.0867. The zero-order valence-electron chi connectivity index (χ0n) is 18.5. The molecule has 0 atom stereocenters. The minimum atomic E-state index is 0.0867. The van der Waals surface area contributed by atoms with Crippen molar-refractivity contribution in [2.75, 3.05) is 19.5 Å². The summed E-state index contributed by atoms with van der Waals surface area (Å²) < 4.78 is 10.1. The fraction of sp³-hybridized carbons (Fsp3) is 0.280. The molecule has 7 heteroatoms. The van der Waals surface area contributed by atoms with Crippen molar-refractivity contribution in [1.29, 1.82) is 0 Å². The molecule has 2 heterocycles. The molecule has 0 unspecified atom stereocenters. The number of hydrogen-bond acceptors (Lipinski definition) is 7. The van der Waals surface area contributed by atoms with Gasteiger partial charge in [-0.1, -0.05) is 18.2 Å². The van der Waals surface area contributed by atoms with E-state index in [9.17, 15) is 4.79 Å². The highest BCUT2D eigenvalue weighted by Gasteiger charge is 2.02. The lowest BCUT2D eigenvalue weighted by atomic mass is 10.1. The van der Waals surface area contributed by atoms with E-state index in [4.69, 9.17) is 9.47 Å². The molecule has 1 N–H and O–H groups in total. The molecule has 0 saturated heterocycles. The van der Waals surface area contributed by atoms with Crippen molar-refractivity contribution in [3.8, 4) is 11.8 Å². The van der Waals surface area contributed by atoms with E-state index in [0.717, 1.165) is 47.7 Å². The van der Waals surface area contributed by atoms with Crippen molar-refractivity contribution in [2.24, 2.45) is 0 Å². The Morgan fingerprint density at radius 3 is 2.50 bits per heavy atom. The van der Waals surface area contributed by atoms with Gasteiger partial charge in [0.25, 0.3) is 0 Å². The maximum Gasteiger partial charge on any atom is 0.316 e. The maximum atomic E-state index is 12.1. The standard InChI is InChI=1S/C25H28N4O3/c1-31-23-14-11-19(12-15-23)16-26-24-9-5-7-21(29-24)6-3-4-8-22(30)13-10-20-17-27-25(32-2)28-18-20/h5,7,9-15,17-18H,3-4,6,8,16H2,1-2H3,(H,26,29)/b13-10+. The Bertz CT molecular complexity index is 1020. The largest absolute Gasteiger partial charge is 0.497 e. The number of ether oxygens (including phenoxy) is 2. The molecule has 0 bridgehead atoms. The molecule has 0 aliphatic rings. The van der Waals surface area contributed by atoms with Gasteiger partial charge in [-0.15, -0.1) is 0 Å². The van der Waals surface area contributed by atoms with Gasteiger partial charge in [-0.05, 0) is 61.2 Å². The first-order chi connectivity index (χ1) is 15.7. The van der Waals surface area contributed by atoms with Crippen molar-refractivity contribution in [2.45, 2.75) is 32.2 Å². The van der Waals surface area contributed by atoms with Crippen LogP contribution in [0.2, 0.25) is 0 Å². The fourth-order valence-electron chi connectivity index (χ4n) is 3.05. The van der Waals surface area contributed by atoms with Crippen LogP contribution < -0.4 is 14.8 Å². The number of methoxy groups -OCH3 is 2. The second-order valence-electron chi connectivity index (χ2n) is 7.23. The van der Waals surface area contributed by atoms with Crippen LogP contribution in [0.4, 0.5) is 5.82 Å². The molecule has 0 fully saturated rings. The Kier molecular flexibility index (Phi) is 8.74. The zero-order valence-corrected chi connectivity index (χ0v) is 18.5. The van der Waals surface area contributed by atoms with Crippen LogP contribution in [0.3, 0.4) is 0 Å². The molecule has 3 rings (SSSR count). The molecule has 0 amide bonds. The number of carbonyl (C=O) groups excluding carboxylic acids is 1. The van der Waals surface area contributed by atoms with Crippen molar-refractivity contribution < 1.29 is 14.3 Å². The highest BCUT2D eigenvalue weighted by molar-refractivity contribution is 5.93. The van der Waals surface area contributed by atoms with E-state index in [1.54, 1.807) is 31.7 Å². The van der Waals surface area contributed by atoms with Gasteiger partial charge in [-0.25, -0.2) is 15.0 Å². The molecule has 0 spiro atoms. The monoisotopic (exact) mass is 432 g/mol. The lowest BCUT2D eigenvalue weighted by Crippen LogP contribution is -2.03. The Balaban J connectivity index is 1.38. The summed E-state index contributed by atoms with van der Waals surface area (Å²) in [4.78, 5) is 24.8. The molecular formula is C25H28N4O3. The van der Waals surface area contributed by atoms with Crippen LogP contribution in [0.25, 0.3) is 6.08 Å². The number of unbranched alkanes of at least 4 members (excludes halogenated alkanes) is 1. The molecule has 32 heavy (non-hydrogen) atoms. The summed E-state index contributed by atoms with van der Waals surface area (Å²) >= 11 is 0. The first-order valence-electron chi connectivity index (χ1n) is 10.6. The van der Waals surface area contributed by atoms with Gasteiger partial charge >= 0.3 is 6.01 Å². The number of aromatic nitrogens is 3. The molecule has 0 radical (unpaired) electrons. The summed E-state index contributed by atoms with van der Waals surface area (Å²) in [5.74, 6) is 1.78. The normalized spacial score (nSPS) is 10.8. The number of nitrogens with one attached hydrogen (secondary N) is 1. The van der Waals surface area contributed by atoms with Crippen LogP contribution in [0.5, 0.6) is 11.8 Å². The molecule has 0 saturated carbocycles. The first kappa shape index (κ1) is 22.9. The summed E-state index contributed by atoms with van der Waals surface area (Å²) in [7, 11) is 3.17. The Morgan fingerprint density at radius 1 is 1.00 bits per heavy atom. The van der Waals surface area contributed by atoms with E-state index in [2.05, 4.69) is 20.3 Å². The van der Waals surface area contributed by atoms with E-state index in [1.807, 2.05) is 42.5 Å². The molecule has 1 aromatic carbocycles. The zero-order chi connectivity index (χ0) is 22.6. The third kappa shape index (κ3) is 7.50. The van der Waals surface area contributed by atoms with Crippen molar-refractivity contribution >= 4 is 17.7 Å². The van der Waals surface area contributed by atoms with Crippen LogP contribution in [0.1, 0.15) is 36.1 Å². The van der Waals surface area contributed by atoms with E-state index in [1.165, 1.54) is 7.11 Å². The summed E-state index contributed by atoms with van der Waals surface area (Å²) in [6, 6.07) is 14.2. The van der Waals surface area contributed by atoms with Crippen LogP contribution in [0, 0.1) is 0 Å². The topological polar surface area (TPSA) is 86.2 Å². The molecule has 2 aromatic heterocycles. The second-order valence-corrected chi connectivity index (χ2v) is 7.23. The second kappa shape index (κ2) is 12.2. The summed E-state index contributed by atoms with van der Waals surface area (Å²) in [5, 5.41) is 3.35. The fourth-order valence-corrected chi connectivity index (χ4v) is 3.05. The van der Waals surface area contributed by atoms with Gasteiger partial charge < -0.3 is 14.8 Å². The Labute approximate surface area is 188 Å². The molecule has 0 aliphatic carbocycles. The van der Waals surface area contributed by atoms with Crippen LogP contribution in [0.15, 0.2) is 60.9 Å². The summed E-state index contributed by atoms with van der Waals surface area (Å²) in [5.41, 5.74) is 2.94. The average molecular weight is 433 g/mol. The number of pyridine rings is 1. The highest BCUT2D eigenvalue weighted by atomic mass is 16.5. The van der Waals surface area contributed by atoms with Crippen molar-refractivity contribution in [3.05, 3.63) is 77.8 Å². The summed E-state index contributed by atoms with van der Waals surface area (Å²) in [6.07, 6.45) is 9.60. The van der Waals surface area contributed by atoms with Gasteiger partial charge in [0.15, 0.2) is 5.78 Å². The lowest BCUT2D eigenvalue weighted by Gasteiger charge is -2.08. The molecule has 7 nitrogen and oxygen atoms in total. The molecule has 3 aromatic rings. The molecule has 0 aliphatic heterocycles. The average Bonchev–Trinajstić information content (AvgIpc) is 2.85. The smallest absolute Gasteiger partial charge is 0.316 e. The number of rotatable bonds is 12. The van der Waals surface area contributed by atoms with Gasteiger partial charge in [-0.2, -0.15) is 0 Å². The van der Waals surface area contributed by atoms with Crippen LogP contribution in [-0.2, 0) is 17.8 Å². The van der Waals surface area contributed by atoms with Crippen molar-refractivity contribution in [3.63, 3.8) is 0 Å². The lowest BCUT2D eigenvalue weighted by molar-refractivity contribution is -0.114. The number of allylic oxidation sites excluding steroid dienone is 1. The third-order valence-electron chi connectivity index (χ3n) is 4.84. The van der Waals surface area contributed by atoms with Gasteiger partial charge in [0.1, 0.15) is 11.6 Å². The van der Waals surface area contributed by atoms with E-state index in [-0.39, 0.29) is 5.78 Å². The molecule has 166 valence electrons. The first-order valence-corrected chi connectivity index (χ1v) is 10.6. The Hall–Kier alpha value is -3.74. The number of anilines is 1. The quantitative estimate of drug-likeness (QED) is 0.333. The Morgan fingerprint density at radius 2 is 1.78 bits per heavy atom. The predicted molar refractivity (Wildman–Crippen MR) is 125 cm³/mol. The van der Waals surface area contributed by atoms with Crippen molar-refractivity contribution in [1.82, 2.24) is 15.0 Å². The predicted octanol–water partition coefficient (Wildman–Crippen LogP) is 4.50. The maximum absolute atomic E-state index is 12.1. The van der Waals surface area contributed by atoms with E-state index >= 15 is 0 Å². The van der Waals surface area contributed by atoms with E-state index < -0.39 is 0 Å². The van der Waals surface area contributed by atoms with Gasteiger partial charge in [0, 0.05) is 36.6 Å². The third-order valence-corrected chi connectivity index (χ3v) is 4.84. The van der Waals surface area contributed by atoms with E-state index in [0.29, 0.717) is 19.0 Å². The highest BCUT2D eigenvalue weighted by Crippen LogP contribution is 2.14. The van der Waals surface area contributed by atoms with Crippen LogP contribution in [-0.4, -0.2) is 35.0 Å². The van der Waals surface area contributed by atoms with Gasteiger partial charge in [-0.3, -0.25) is 4.79 Å². The number of ketones is 1. The number of hydrogen-bond donors (Lipinski definition) is 1.